The van der Waals surface area contributed by atoms with Crippen molar-refractivity contribution in [3.63, 3.8) is 0 Å². The van der Waals surface area contributed by atoms with Crippen LogP contribution >= 0.6 is 0 Å². The van der Waals surface area contributed by atoms with E-state index in [0.29, 0.717) is 36.6 Å². The molecule has 30 heavy (non-hydrogen) atoms. The fourth-order valence-corrected chi connectivity index (χ4v) is 3.10. The lowest BCUT2D eigenvalue weighted by Gasteiger charge is -2.27. The average molecular weight is 415 g/mol. The highest BCUT2D eigenvalue weighted by molar-refractivity contribution is 5.86. The standard InChI is InChI=1S/C21H26FN5O3/c1-26(2)19(29)8-11-30-25-17-6-9-27(10-7-17)21-23-12-16(13-24-21)18-5-3-4-15(14-28)20(18)22/h3-5,12-13,28H,6-11,14H2,1-2H3. The number of anilines is 1. The SMILES string of the molecule is CN(C)C(=O)CCON=C1CCN(c2ncc(-c3cccc(CO)c3F)cn2)CC1. The fraction of sp³-hybridized carbons (Fsp3) is 0.429. The van der Waals surface area contributed by atoms with Crippen LogP contribution in [0.15, 0.2) is 35.7 Å². The van der Waals surface area contributed by atoms with Gasteiger partial charge in [0.1, 0.15) is 12.4 Å². The number of aromatic nitrogens is 2. The molecule has 2 heterocycles. The van der Waals surface area contributed by atoms with Gasteiger partial charge in [-0.25, -0.2) is 14.4 Å². The number of carbonyl (C=O) groups excluding carboxylic acids is 1. The lowest BCUT2D eigenvalue weighted by molar-refractivity contribution is -0.129. The van der Waals surface area contributed by atoms with Gasteiger partial charge in [0.15, 0.2) is 0 Å². The molecule has 0 saturated carbocycles. The van der Waals surface area contributed by atoms with E-state index in [2.05, 4.69) is 15.1 Å². The number of nitrogens with zero attached hydrogens (tertiary/aromatic N) is 5. The first-order chi connectivity index (χ1) is 14.5. The third-order valence-corrected chi connectivity index (χ3v) is 4.92. The Morgan fingerprint density at radius 1 is 1.27 bits per heavy atom. The highest BCUT2D eigenvalue weighted by Crippen LogP contribution is 2.25. The van der Waals surface area contributed by atoms with E-state index >= 15 is 0 Å². The van der Waals surface area contributed by atoms with Crippen LogP contribution in [0.3, 0.4) is 0 Å². The molecular formula is C21H26FN5O3. The summed E-state index contributed by atoms with van der Waals surface area (Å²) >= 11 is 0. The molecule has 1 amide bonds. The van der Waals surface area contributed by atoms with Crippen molar-refractivity contribution in [3.8, 4) is 11.1 Å². The van der Waals surface area contributed by atoms with E-state index in [0.717, 1.165) is 18.6 Å². The summed E-state index contributed by atoms with van der Waals surface area (Å²) in [6.07, 6.45) is 4.93. The van der Waals surface area contributed by atoms with Crippen LogP contribution in [0.2, 0.25) is 0 Å². The van der Waals surface area contributed by atoms with E-state index in [1.165, 1.54) is 4.90 Å². The zero-order valence-corrected chi connectivity index (χ0v) is 17.2. The van der Waals surface area contributed by atoms with Crippen LogP contribution < -0.4 is 4.90 Å². The van der Waals surface area contributed by atoms with E-state index in [1.807, 2.05) is 4.90 Å². The summed E-state index contributed by atoms with van der Waals surface area (Å²) in [5.41, 5.74) is 2.12. The second-order valence-electron chi connectivity index (χ2n) is 7.22. The van der Waals surface area contributed by atoms with Crippen LogP contribution in [0, 0.1) is 5.82 Å². The van der Waals surface area contributed by atoms with Crippen LogP contribution in [0.5, 0.6) is 0 Å². The van der Waals surface area contributed by atoms with Crippen LogP contribution in [-0.4, -0.2) is 65.4 Å². The molecule has 0 unspecified atom stereocenters. The minimum atomic E-state index is -0.456. The molecule has 1 aromatic carbocycles. The molecule has 0 spiro atoms. The van der Waals surface area contributed by atoms with Crippen LogP contribution in [0.1, 0.15) is 24.8 Å². The van der Waals surface area contributed by atoms with Crippen LogP contribution in [0.25, 0.3) is 11.1 Å². The molecule has 1 aromatic heterocycles. The normalized spacial score (nSPS) is 13.9. The Morgan fingerprint density at radius 3 is 2.60 bits per heavy atom. The van der Waals surface area contributed by atoms with Gasteiger partial charge in [-0.1, -0.05) is 23.4 Å². The number of hydrogen-bond acceptors (Lipinski definition) is 7. The topological polar surface area (TPSA) is 91.2 Å². The zero-order chi connectivity index (χ0) is 21.5. The van der Waals surface area contributed by atoms with Crippen molar-refractivity contribution in [1.82, 2.24) is 14.9 Å². The summed E-state index contributed by atoms with van der Waals surface area (Å²) in [5, 5.41) is 13.4. The highest BCUT2D eigenvalue weighted by atomic mass is 19.1. The van der Waals surface area contributed by atoms with Crippen molar-refractivity contribution in [2.75, 3.05) is 38.7 Å². The van der Waals surface area contributed by atoms with Gasteiger partial charge in [0.25, 0.3) is 0 Å². The van der Waals surface area contributed by atoms with Crippen molar-refractivity contribution in [2.45, 2.75) is 25.9 Å². The molecule has 1 aliphatic rings. The number of benzene rings is 1. The molecule has 0 atom stereocenters. The first-order valence-electron chi connectivity index (χ1n) is 9.83. The number of rotatable bonds is 7. The van der Waals surface area contributed by atoms with Gasteiger partial charge < -0.3 is 19.7 Å². The van der Waals surface area contributed by atoms with Crippen LogP contribution in [-0.2, 0) is 16.2 Å². The van der Waals surface area contributed by atoms with Crippen molar-refractivity contribution in [3.05, 3.63) is 42.0 Å². The molecular weight excluding hydrogens is 389 g/mol. The second kappa shape index (κ2) is 10.1. The third kappa shape index (κ3) is 5.29. The molecule has 1 saturated heterocycles. The summed E-state index contributed by atoms with van der Waals surface area (Å²) in [7, 11) is 3.42. The van der Waals surface area contributed by atoms with E-state index in [1.54, 1.807) is 44.7 Å². The Morgan fingerprint density at radius 2 is 1.97 bits per heavy atom. The van der Waals surface area contributed by atoms with Gasteiger partial charge >= 0.3 is 0 Å². The summed E-state index contributed by atoms with van der Waals surface area (Å²) in [5.74, 6) is 0.130. The minimum Gasteiger partial charge on any atom is -0.395 e. The monoisotopic (exact) mass is 415 g/mol. The quantitative estimate of drug-likeness (QED) is 0.551. The maximum absolute atomic E-state index is 14.4. The van der Waals surface area contributed by atoms with E-state index in [-0.39, 0.29) is 24.7 Å². The lowest BCUT2D eigenvalue weighted by Crippen LogP contribution is -2.35. The minimum absolute atomic E-state index is 0.00795. The number of aliphatic hydroxyl groups excluding tert-OH is 1. The Labute approximate surface area is 175 Å². The maximum atomic E-state index is 14.4. The largest absolute Gasteiger partial charge is 0.395 e. The van der Waals surface area contributed by atoms with Crippen molar-refractivity contribution < 1.29 is 19.1 Å². The summed E-state index contributed by atoms with van der Waals surface area (Å²) in [4.78, 5) is 29.1. The molecule has 1 N–H and O–H groups in total. The molecule has 8 nitrogen and oxygen atoms in total. The summed E-state index contributed by atoms with van der Waals surface area (Å²) < 4.78 is 14.4. The first kappa shape index (κ1) is 21.6. The van der Waals surface area contributed by atoms with E-state index in [9.17, 15) is 14.3 Å². The van der Waals surface area contributed by atoms with Crippen molar-refractivity contribution >= 4 is 17.6 Å². The molecule has 9 heteroatoms. The molecule has 3 rings (SSSR count). The molecule has 160 valence electrons. The Bertz CT molecular complexity index is 892. The number of piperidine rings is 1. The Hall–Kier alpha value is -3.07. The number of carbonyl (C=O) groups is 1. The first-order valence-corrected chi connectivity index (χ1v) is 9.83. The van der Waals surface area contributed by atoms with Gasteiger partial charge in [-0.3, -0.25) is 4.79 Å². The van der Waals surface area contributed by atoms with Gasteiger partial charge in [-0.2, -0.15) is 0 Å². The number of hydrogen-bond donors (Lipinski definition) is 1. The Kier molecular flexibility index (Phi) is 7.29. The van der Waals surface area contributed by atoms with E-state index in [4.69, 9.17) is 4.84 Å². The van der Waals surface area contributed by atoms with Gasteiger partial charge in [0.2, 0.25) is 11.9 Å². The lowest BCUT2D eigenvalue weighted by atomic mass is 10.1. The summed E-state index contributed by atoms with van der Waals surface area (Å²) in [6.45, 7) is 1.31. The number of oxime groups is 1. The smallest absolute Gasteiger partial charge is 0.225 e. The highest BCUT2D eigenvalue weighted by Gasteiger charge is 2.18. The average Bonchev–Trinajstić information content (AvgIpc) is 2.77. The predicted octanol–water partition coefficient (Wildman–Crippen LogP) is 2.23. The third-order valence-electron chi connectivity index (χ3n) is 4.92. The van der Waals surface area contributed by atoms with Crippen molar-refractivity contribution in [1.29, 1.82) is 0 Å². The fourth-order valence-electron chi connectivity index (χ4n) is 3.10. The summed E-state index contributed by atoms with van der Waals surface area (Å²) in [6, 6.07) is 4.88. The zero-order valence-electron chi connectivity index (χ0n) is 17.2. The van der Waals surface area contributed by atoms with Gasteiger partial charge in [-0.05, 0) is 0 Å². The molecule has 1 aliphatic heterocycles. The molecule has 0 bridgehead atoms. The van der Waals surface area contributed by atoms with Gasteiger partial charge in [0, 0.05) is 69.1 Å². The van der Waals surface area contributed by atoms with E-state index < -0.39 is 5.82 Å². The van der Waals surface area contributed by atoms with Gasteiger partial charge in [0.05, 0.1) is 18.7 Å². The Balaban J connectivity index is 1.54. The maximum Gasteiger partial charge on any atom is 0.225 e. The molecule has 2 aromatic rings. The number of halogens is 1. The second-order valence-corrected chi connectivity index (χ2v) is 7.22. The van der Waals surface area contributed by atoms with Crippen LogP contribution in [0.4, 0.5) is 10.3 Å². The number of aliphatic hydroxyl groups is 1. The van der Waals surface area contributed by atoms with Crippen molar-refractivity contribution in [2.24, 2.45) is 5.16 Å². The molecule has 0 radical (unpaired) electrons. The number of amides is 1. The van der Waals surface area contributed by atoms with Gasteiger partial charge in [-0.15, -0.1) is 0 Å². The molecule has 0 aliphatic carbocycles. The molecule has 1 fully saturated rings. The predicted molar refractivity (Wildman–Crippen MR) is 111 cm³/mol.